The van der Waals surface area contributed by atoms with Crippen LogP contribution in [0, 0.1) is 11.8 Å². The Bertz CT molecular complexity index is 1300. The largest absolute Gasteiger partial charge is 0.378 e. The number of likely N-dealkylation sites (tertiary alicyclic amines) is 1. The van der Waals surface area contributed by atoms with E-state index in [1.54, 1.807) is 0 Å². The fourth-order valence-electron chi connectivity index (χ4n) is 6.66. The summed E-state index contributed by atoms with van der Waals surface area (Å²) in [6, 6.07) is 25.6. The third-order valence-electron chi connectivity index (χ3n) is 8.39. The van der Waals surface area contributed by atoms with E-state index in [4.69, 9.17) is 11.6 Å². The number of hydrogen-bond donors (Lipinski definition) is 2. The first-order valence-corrected chi connectivity index (χ1v) is 13.8. The molecule has 1 saturated heterocycles. The molecule has 3 aromatic carbocycles. The SMILES string of the molecule is O=C(NC1CCCC[C@@H]1C(=O)N1CC[C@@H]2[C@H](c3cccc(Cl)c3)Nc3ccccc3[C@@H]21)c1ccccc1. The van der Waals surface area contributed by atoms with Crippen LogP contribution in [0.1, 0.15) is 65.7 Å². The maximum absolute atomic E-state index is 14.2. The summed E-state index contributed by atoms with van der Waals surface area (Å²) in [7, 11) is 0. The van der Waals surface area contributed by atoms with Gasteiger partial charge in [-0.3, -0.25) is 9.59 Å². The fourth-order valence-corrected chi connectivity index (χ4v) is 6.85. The van der Waals surface area contributed by atoms with Crippen molar-refractivity contribution in [1.82, 2.24) is 10.2 Å². The van der Waals surface area contributed by atoms with Crippen LogP contribution in [0.3, 0.4) is 0 Å². The molecule has 3 aromatic rings. The van der Waals surface area contributed by atoms with Gasteiger partial charge in [0.15, 0.2) is 0 Å². The van der Waals surface area contributed by atoms with E-state index in [2.05, 4.69) is 39.8 Å². The van der Waals surface area contributed by atoms with Crippen molar-refractivity contribution in [1.29, 1.82) is 0 Å². The van der Waals surface area contributed by atoms with Crippen molar-refractivity contribution in [3.05, 3.63) is 101 Å². The van der Waals surface area contributed by atoms with E-state index in [1.807, 2.05) is 54.6 Å². The van der Waals surface area contributed by atoms with Crippen molar-refractivity contribution in [3.63, 3.8) is 0 Å². The molecule has 0 aromatic heterocycles. The number of carbonyl (C=O) groups is 2. The first kappa shape index (κ1) is 24.1. The summed E-state index contributed by atoms with van der Waals surface area (Å²) in [6.45, 7) is 0.719. The lowest BCUT2D eigenvalue weighted by atomic mass is 9.79. The second-order valence-corrected chi connectivity index (χ2v) is 11.0. The smallest absolute Gasteiger partial charge is 0.251 e. The summed E-state index contributed by atoms with van der Waals surface area (Å²) in [5.41, 5.74) is 4.04. The first-order chi connectivity index (χ1) is 18.1. The molecule has 2 fully saturated rings. The summed E-state index contributed by atoms with van der Waals surface area (Å²) < 4.78 is 0. The van der Waals surface area contributed by atoms with Crippen LogP contribution >= 0.6 is 11.6 Å². The molecule has 6 heteroatoms. The van der Waals surface area contributed by atoms with Crippen LogP contribution in [0.15, 0.2) is 78.9 Å². The highest BCUT2D eigenvalue weighted by molar-refractivity contribution is 6.30. The van der Waals surface area contributed by atoms with E-state index in [0.29, 0.717) is 5.56 Å². The molecule has 6 rings (SSSR count). The van der Waals surface area contributed by atoms with Crippen LogP contribution in [-0.4, -0.2) is 29.3 Å². The molecular weight excluding hydrogens is 482 g/mol. The zero-order valence-electron chi connectivity index (χ0n) is 20.8. The molecule has 0 spiro atoms. The number of para-hydroxylation sites is 1. The van der Waals surface area contributed by atoms with Crippen LogP contribution in [0.2, 0.25) is 5.02 Å². The highest BCUT2D eigenvalue weighted by Gasteiger charge is 2.48. The Balaban J connectivity index is 1.28. The quantitative estimate of drug-likeness (QED) is 0.425. The van der Waals surface area contributed by atoms with Gasteiger partial charge in [0.25, 0.3) is 5.91 Å². The molecule has 190 valence electrons. The minimum Gasteiger partial charge on any atom is -0.378 e. The lowest BCUT2D eigenvalue weighted by Gasteiger charge is -2.42. The average Bonchev–Trinajstić information content (AvgIpc) is 3.39. The van der Waals surface area contributed by atoms with Crippen molar-refractivity contribution in [2.45, 2.75) is 50.2 Å². The molecule has 37 heavy (non-hydrogen) atoms. The molecule has 2 amide bonds. The van der Waals surface area contributed by atoms with Gasteiger partial charge >= 0.3 is 0 Å². The molecule has 5 nitrogen and oxygen atoms in total. The van der Waals surface area contributed by atoms with Crippen LogP contribution in [0.4, 0.5) is 5.69 Å². The number of nitrogens with one attached hydrogen (secondary N) is 2. The number of carbonyl (C=O) groups excluding carboxylic acids is 2. The molecule has 5 atom stereocenters. The lowest BCUT2D eigenvalue weighted by Crippen LogP contribution is -2.50. The number of amides is 2. The number of rotatable bonds is 4. The monoisotopic (exact) mass is 513 g/mol. The van der Waals surface area contributed by atoms with Gasteiger partial charge in [0.1, 0.15) is 0 Å². The molecule has 2 N–H and O–H groups in total. The third-order valence-corrected chi connectivity index (χ3v) is 8.62. The Morgan fingerprint density at radius 3 is 2.51 bits per heavy atom. The molecule has 0 bridgehead atoms. The number of hydrogen-bond acceptors (Lipinski definition) is 3. The second-order valence-electron chi connectivity index (χ2n) is 10.5. The molecule has 1 saturated carbocycles. The van der Waals surface area contributed by atoms with Crippen molar-refractivity contribution >= 4 is 29.1 Å². The Morgan fingerprint density at radius 1 is 0.892 bits per heavy atom. The predicted octanol–water partition coefficient (Wildman–Crippen LogP) is 6.39. The normalized spacial score (nSPS) is 26.5. The van der Waals surface area contributed by atoms with Gasteiger partial charge in [-0.15, -0.1) is 0 Å². The van der Waals surface area contributed by atoms with Crippen molar-refractivity contribution in [2.24, 2.45) is 11.8 Å². The van der Waals surface area contributed by atoms with Crippen molar-refractivity contribution < 1.29 is 9.59 Å². The lowest BCUT2D eigenvalue weighted by molar-refractivity contribution is -0.138. The molecule has 3 aliphatic rings. The molecule has 2 aliphatic heterocycles. The summed E-state index contributed by atoms with van der Waals surface area (Å²) in [5.74, 6) is 0.120. The number of benzene rings is 3. The van der Waals surface area contributed by atoms with Crippen molar-refractivity contribution in [2.75, 3.05) is 11.9 Å². The third kappa shape index (κ3) is 4.61. The number of anilines is 1. The summed E-state index contributed by atoms with van der Waals surface area (Å²) >= 11 is 6.36. The zero-order valence-corrected chi connectivity index (χ0v) is 21.5. The maximum Gasteiger partial charge on any atom is 0.251 e. The van der Waals surface area contributed by atoms with Gasteiger partial charge in [-0.1, -0.05) is 73.0 Å². The van der Waals surface area contributed by atoms with Gasteiger partial charge < -0.3 is 15.5 Å². The Labute approximate surface area is 223 Å². The molecule has 1 aliphatic carbocycles. The van der Waals surface area contributed by atoms with Crippen LogP contribution < -0.4 is 10.6 Å². The average molecular weight is 514 g/mol. The van der Waals surface area contributed by atoms with E-state index >= 15 is 0 Å². The molecule has 1 unspecified atom stereocenters. The molecule has 0 radical (unpaired) electrons. The van der Waals surface area contributed by atoms with E-state index in [9.17, 15) is 9.59 Å². The number of nitrogens with zero attached hydrogens (tertiary/aromatic N) is 1. The van der Waals surface area contributed by atoms with Gasteiger partial charge in [0.2, 0.25) is 5.91 Å². The minimum absolute atomic E-state index is 0.00123. The van der Waals surface area contributed by atoms with Crippen LogP contribution in [0.5, 0.6) is 0 Å². The summed E-state index contributed by atoms with van der Waals surface area (Å²) in [4.78, 5) is 29.3. The van der Waals surface area contributed by atoms with Gasteiger partial charge in [-0.2, -0.15) is 0 Å². The Morgan fingerprint density at radius 2 is 1.68 bits per heavy atom. The fraction of sp³-hybridized carbons (Fsp3) is 0.355. The Hall–Kier alpha value is -3.31. The Kier molecular flexibility index (Phi) is 6.64. The van der Waals surface area contributed by atoms with E-state index in [1.165, 1.54) is 5.56 Å². The zero-order chi connectivity index (χ0) is 25.4. The van der Waals surface area contributed by atoms with Crippen LogP contribution in [0.25, 0.3) is 0 Å². The highest BCUT2D eigenvalue weighted by atomic mass is 35.5. The summed E-state index contributed by atoms with van der Waals surface area (Å²) in [5, 5.41) is 7.68. The van der Waals surface area contributed by atoms with Crippen LogP contribution in [-0.2, 0) is 4.79 Å². The maximum atomic E-state index is 14.2. The minimum atomic E-state index is -0.202. The highest BCUT2D eigenvalue weighted by Crippen LogP contribution is 2.52. The summed E-state index contributed by atoms with van der Waals surface area (Å²) in [6.07, 6.45) is 4.60. The van der Waals surface area contributed by atoms with Gasteiger partial charge in [-0.05, 0) is 60.7 Å². The van der Waals surface area contributed by atoms with E-state index in [-0.39, 0.29) is 41.8 Å². The predicted molar refractivity (Wildman–Crippen MR) is 146 cm³/mol. The van der Waals surface area contributed by atoms with Gasteiger partial charge in [0.05, 0.1) is 18.0 Å². The number of fused-ring (bicyclic) bond motifs is 3. The standard InChI is InChI=1S/C31H32ClN3O2/c32-22-12-8-11-21(19-22)28-25-17-18-35(29(25)23-13-4-6-15-26(23)33-28)31(37)24-14-5-7-16-27(24)34-30(36)20-9-2-1-3-10-20/h1-4,6,8-13,15,19,24-25,27-29,33H,5,7,14,16-18H2,(H,34,36)/t24-,25+,27?,28-,29-/m0/s1. The van der Waals surface area contributed by atoms with Gasteiger partial charge in [-0.25, -0.2) is 0 Å². The first-order valence-electron chi connectivity index (χ1n) is 13.4. The number of halogens is 1. The van der Waals surface area contributed by atoms with E-state index < -0.39 is 0 Å². The second kappa shape index (κ2) is 10.2. The molecule has 2 heterocycles. The van der Waals surface area contributed by atoms with Gasteiger partial charge in [0, 0.05) is 34.8 Å². The van der Waals surface area contributed by atoms with E-state index in [0.717, 1.165) is 54.9 Å². The van der Waals surface area contributed by atoms with Crippen molar-refractivity contribution in [3.8, 4) is 0 Å². The molecular formula is C31H32ClN3O2. The topological polar surface area (TPSA) is 61.4 Å².